The highest BCUT2D eigenvalue weighted by Gasteiger charge is 2.37. The molecule has 0 radical (unpaired) electrons. The number of benzene rings is 1. The number of piperidine rings is 2. The SMILES string of the molecule is Nc1ncnc(N2CCCC(N3CCCC(Nc4ccccc4S(=O)(=O)C4CCCCC4)C3=O)C2)c1F. The number of halogens is 1. The molecule has 1 aromatic carbocycles. The average molecular weight is 531 g/mol. The number of sulfone groups is 1. The van der Waals surface area contributed by atoms with Gasteiger partial charge in [-0.05, 0) is 50.7 Å². The molecule has 0 spiro atoms. The highest BCUT2D eigenvalue weighted by Crippen LogP contribution is 2.34. The molecule has 1 amide bonds. The number of rotatable bonds is 6. The summed E-state index contributed by atoms with van der Waals surface area (Å²) in [6, 6.07) is 6.34. The van der Waals surface area contributed by atoms with Crippen LogP contribution >= 0.6 is 0 Å². The number of carbonyl (C=O) groups excluding carboxylic acids is 1. The molecular formula is C26H35FN6O3S. The van der Waals surface area contributed by atoms with Gasteiger partial charge in [0.2, 0.25) is 11.7 Å². The van der Waals surface area contributed by atoms with Gasteiger partial charge in [-0.1, -0.05) is 31.4 Å². The summed E-state index contributed by atoms with van der Waals surface area (Å²) in [7, 11) is -3.49. The van der Waals surface area contributed by atoms with Crippen molar-refractivity contribution in [1.82, 2.24) is 14.9 Å². The Morgan fingerprint density at radius 3 is 2.54 bits per heavy atom. The number of amides is 1. The largest absolute Gasteiger partial charge is 0.381 e. The van der Waals surface area contributed by atoms with E-state index < -0.39 is 21.7 Å². The Morgan fingerprint density at radius 1 is 0.973 bits per heavy atom. The minimum absolute atomic E-state index is 0.0503. The predicted molar refractivity (Wildman–Crippen MR) is 140 cm³/mol. The maximum Gasteiger partial charge on any atom is 0.245 e. The molecule has 200 valence electrons. The number of hydrogen-bond donors (Lipinski definition) is 2. The number of hydrogen-bond acceptors (Lipinski definition) is 8. The van der Waals surface area contributed by atoms with Crippen LogP contribution in [0, 0.1) is 5.82 Å². The topological polar surface area (TPSA) is 122 Å². The number of aromatic nitrogens is 2. The third kappa shape index (κ3) is 5.23. The van der Waals surface area contributed by atoms with E-state index in [1.807, 2.05) is 9.80 Å². The molecule has 1 aliphatic carbocycles. The smallest absolute Gasteiger partial charge is 0.245 e. The van der Waals surface area contributed by atoms with Gasteiger partial charge in [0, 0.05) is 25.7 Å². The minimum Gasteiger partial charge on any atom is -0.381 e. The molecule has 0 bridgehead atoms. The number of nitrogen functional groups attached to an aromatic ring is 1. The summed E-state index contributed by atoms with van der Waals surface area (Å²) in [4.78, 5) is 25.4. The fourth-order valence-electron chi connectivity index (χ4n) is 5.97. The summed E-state index contributed by atoms with van der Waals surface area (Å²) in [5.74, 6) is -0.709. The zero-order chi connectivity index (χ0) is 26.0. The van der Waals surface area contributed by atoms with Crippen LogP contribution < -0.4 is 16.0 Å². The highest BCUT2D eigenvalue weighted by atomic mass is 32.2. The van der Waals surface area contributed by atoms with Gasteiger partial charge in [-0.3, -0.25) is 4.79 Å². The first-order valence-electron chi connectivity index (χ1n) is 13.3. The lowest BCUT2D eigenvalue weighted by molar-refractivity contribution is -0.137. The fraction of sp³-hybridized carbons (Fsp3) is 0.577. The molecule has 9 nitrogen and oxygen atoms in total. The number of nitrogens with one attached hydrogen (secondary N) is 1. The molecule has 3 heterocycles. The van der Waals surface area contributed by atoms with Crippen molar-refractivity contribution >= 4 is 33.1 Å². The van der Waals surface area contributed by atoms with Gasteiger partial charge in [-0.2, -0.15) is 4.39 Å². The van der Waals surface area contributed by atoms with E-state index in [1.165, 1.54) is 6.33 Å². The summed E-state index contributed by atoms with van der Waals surface area (Å²) in [6.45, 7) is 1.70. The second kappa shape index (κ2) is 10.8. The molecule has 3 aliphatic rings. The number of carbonyl (C=O) groups is 1. The first-order valence-corrected chi connectivity index (χ1v) is 14.8. The molecule has 37 heavy (non-hydrogen) atoms. The van der Waals surface area contributed by atoms with Crippen LogP contribution in [0.4, 0.5) is 21.7 Å². The Kier molecular flexibility index (Phi) is 7.50. The van der Waals surface area contributed by atoms with Crippen molar-refractivity contribution in [2.45, 2.75) is 80.0 Å². The molecule has 3 fully saturated rings. The molecule has 2 aromatic rings. The van der Waals surface area contributed by atoms with Crippen LogP contribution in [-0.2, 0) is 14.6 Å². The van der Waals surface area contributed by atoms with E-state index in [1.54, 1.807) is 24.3 Å². The summed E-state index contributed by atoms with van der Waals surface area (Å²) >= 11 is 0. The van der Waals surface area contributed by atoms with E-state index in [-0.39, 0.29) is 33.7 Å². The van der Waals surface area contributed by atoms with E-state index in [9.17, 15) is 17.6 Å². The molecule has 3 N–H and O–H groups in total. The molecule has 11 heteroatoms. The highest BCUT2D eigenvalue weighted by molar-refractivity contribution is 7.92. The third-order valence-electron chi connectivity index (χ3n) is 7.92. The second-order valence-corrected chi connectivity index (χ2v) is 12.5. The van der Waals surface area contributed by atoms with Crippen LogP contribution in [0.25, 0.3) is 0 Å². The quantitative estimate of drug-likeness (QED) is 0.583. The van der Waals surface area contributed by atoms with Gasteiger partial charge < -0.3 is 20.9 Å². The van der Waals surface area contributed by atoms with Crippen molar-refractivity contribution in [3.8, 4) is 0 Å². The van der Waals surface area contributed by atoms with Crippen LogP contribution in [0.1, 0.15) is 57.8 Å². The lowest BCUT2D eigenvalue weighted by Gasteiger charge is -2.43. The van der Waals surface area contributed by atoms with Gasteiger partial charge >= 0.3 is 0 Å². The van der Waals surface area contributed by atoms with E-state index in [4.69, 9.17) is 5.73 Å². The molecule has 1 aromatic heterocycles. The molecule has 2 atom stereocenters. The minimum atomic E-state index is -3.49. The maximum absolute atomic E-state index is 14.6. The molecule has 2 aliphatic heterocycles. The van der Waals surface area contributed by atoms with Gasteiger partial charge in [0.05, 0.1) is 15.8 Å². The number of nitrogens with two attached hydrogens (primary N) is 1. The van der Waals surface area contributed by atoms with Gasteiger partial charge in [0.15, 0.2) is 21.5 Å². The van der Waals surface area contributed by atoms with Crippen molar-refractivity contribution in [3.05, 3.63) is 36.4 Å². The maximum atomic E-state index is 14.6. The van der Waals surface area contributed by atoms with E-state index in [0.717, 1.165) is 38.5 Å². The molecule has 5 rings (SSSR count). The molecule has 2 unspecified atom stereocenters. The average Bonchev–Trinajstić information content (AvgIpc) is 2.92. The zero-order valence-electron chi connectivity index (χ0n) is 21.0. The van der Waals surface area contributed by atoms with Gasteiger partial charge in [-0.15, -0.1) is 0 Å². The van der Waals surface area contributed by atoms with Crippen molar-refractivity contribution in [3.63, 3.8) is 0 Å². The lowest BCUT2D eigenvalue weighted by Crippen LogP contribution is -2.56. The Morgan fingerprint density at radius 2 is 1.73 bits per heavy atom. The van der Waals surface area contributed by atoms with Crippen LogP contribution in [0.5, 0.6) is 0 Å². The molecule has 1 saturated carbocycles. The summed E-state index contributed by atoms with van der Waals surface area (Å²) in [5, 5.41) is 2.92. The predicted octanol–water partition coefficient (Wildman–Crippen LogP) is 3.38. The standard InChI is InChI=1S/C26H35FN6O3S/c27-23-24(28)29-17-30-25(23)32-14-6-8-18(16-32)33-15-7-12-21(26(33)34)31-20-11-4-5-13-22(20)37(35,36)19-9-2-1-3-10-19/h4-5,11,13,17-19,21,31H,1-3,6-10,12,14-16H2,(H2,28,29,30). The summed E-state index contributed by atoms with van der Waals surface area (Å²) in [5.41, 5.74) is 6.14. The first kappa shape index (κ1) is 25.7. The second-order valence-electron chi connectivity index (χ2n) is 10.3. The summed E-state index contributed by atoms with van der Waals surface area (Å²) < 4.78 is 41.5. The van der Waals surface area contributed by atoms with E-state index >= 15 is 0 Å². The Bertz CT molecular complexity index is 1240. The van der Waals surface area contributed by atoms with Crippen molar-refractivity contribution in [1.29, 1.82) is 0 Å². The van der Waals surface area contributed by atoms with Crippen LogP contribution in [-0.4, -0.2) is 66.2 Å². The normalized spacial score (nSPS) is 23.8. The van der Waals surface area contributed by atoms with Crippen molar-refractivity contribution < 1.29 is 17.6 Å². The van der Waals surface area contributed by atoms with Crippen molar-refractivity contribution in [2.24, 2.45) is 0 Å². The van der Waals surface area contributed by atoms with Gasteiger partial charge in [-0.25, -0.2) is 18.4 Å². The lowest BCUT2D eigenvalue weighted by atomic mass is 9.97. The molecular weight excluding hydrogens is 495 g/mol. The number of likely N-dealkylation sites (tertiary alicyclic amines) is 1. The third-order valence-corrected chi connectivity index (χ3v) is 10.2. The summed E-state index contributed by atoms with van der Waals surface area (Å²) in [6.07, 6.45) is 8.58. The Labute approximate surface area is 217 Å². The van der Waals surface area contributed by atoms with Crippen molar-refractivity contribution in [2.75, 3.05) is 35.6 Å². The fourth-order valence-corrected chi connectivity index (χ4v) is 7.98. The van der Waals surface area contributed by atoms with Gasteiger partial charge in [0.25, 0.3) is 0 Å². The Balaban J connectivity index is 1.32. The van der Waals surface area contributed by atoms with Crippen LogP contribution in [0.3, 0.4) is 0 Å². The van der Waals surface area contributed by atoms with Crippen LogP contribution in [0.15, 0.2) is 35.5 Å². The number of anilines is 3. The van der Waals surface area contributed by atoms with Gasteiger partial charge in [0.1, 0.15) is 12.4 Å². The Hall–Kier alpha value is -2.95. The van der Waals surface area contributed by atoms with Crippen LogP contribution in [0.2, 0.25) is 0 Å². The number of para-hydroxylation sites is 1. The number of nitrogens with zero attached hydrogens (tertiary/aromatic N) is 4. The first-order chi connectivity index (χ1) is 17.9. The van der Waals surface area contributed by atoms with E-state index in [0.29, 0.717) is 44.6 Å². The molecule has 2 saturated heterocycles. The zero-order valence-corrected chi connectivity index (χ0v) is 21.8. The van der Waals surface area contributed by atoms with E-state index in [2.05, 4.69) is 15.3 Å². The monoisotopic (exact) mass is 530 g/mol.